The number of hydrogen-bond donors (Lipinski definition) is 2. The molecule has 6 heteroatoms. The zero-order valence-corrected chi connectivity index (χ0v) is 16.4. The van der Waals surface area contributed by atoms with Gasteiger partial charge in [0.05, 0.1) is 10.7 Å². The Morgan fingerprint density at radius 3 is 2.52 bits per heavy atom. The maximum absolute atomic E-state index is 12.8. The fraction of sp³-hybridized carbons (Fsp3) is 0.130. The minimum atomic E-state index is -0.320. The van der Waals surface area contributed by atoms with Crippen LogP contribution in [-0.2, 0) is 13.0 Å². The van der Waals surface area contributed by atoms with Crippen molar-refractivity contribution in [2.24, 2.45) is 0 Å². The number of hydrogen-bond acceptors (Lipinski definition) is 2. The molecule has 3 aromatic carbocycles. The molecule has 0 fully saturated rings. The SMILES string of the molecule is O=C(NCc1ccc2c(c1)CCN2C(=O)c1ccccc1)Nc1ccccc1Cl. The Morgan fingerprint density at radius 2 is 1.72 bits per heavy atom. The van der Waals surface area contributed by atoms with Crippen LogP contribution in [0, 0.1) is 0 Å². The molecule has 2 N–H and O–H groups in total. The van der Waals surface area contributed by atoms with Crippen LogP contribution in [0.1, 0.15) is 21.5 Å². The topological polar surface area (TPSA) is 61.4 Å². The van der Waals surface area contributed by atoms with Crippen LogP contribution in [0.5, 0.6) is 0 Å². The summed E-state index contributed by atoms with van der Waals surface area (Å²) in [5, 5.41) is 6.06. The highest BCUT2D eigenvalue weighted by molar-refractivity contribution is 6.33. The van der Waals surface area contributed by atoms with Crippen LogP contribution in [0.15, 0.2) is 72.8 Å². The average molecular weight is 406 g/mol. The highest BCUT2D eigenvalue weighted by Crippen LogP contribution is 2.30. The van der Waals surface area contributed by atoms with E-state index in [1.807, 2.05) is 65.6 Å². The second-order valence-electron chi connectivity index (χ2n) is 6.82. The number of rotatable bonds is 4. The zero-order chi connectivity index (χ0) is 20.2. The molecular formula is C23H20ClN3O2. The largest absolute Gasteiger partial charge is 0.334 e. The van der Waals surface area contributed by atoms with Crippen molar-refractivity contribution in [3.05, 3.63) is 94.5 Å². The van der Waals surface area contributed by atoms with Crippen LogP contribution in [0.4, 0.5) is 16.2 Å². The summed E-state index contributed by atoms with van der Waals surface area (Å²) in [6.07, 6.45) is 0.799. The van der Waals surface area contributed by atoms with E-state index in [1.54, 1.807) is 12.1 Å². The molecule has 0 saturated heterocycles. The number of urea groups is 1. The number of benzene rings is 3. The number of amides is 3. The molecule has 0 bridgehead atoms. The summed E-state index contributed by atoms with van der Waals surface area (Å²) in [5.41, 5.74) is 4.27. The number of para-hydroxylation sites is 1. The summed E-state index contributed by atoms with van der Waals surface area (Å²) in [6, 6.07) is 22.0. The lowest BCUT2D eigenvalue weighted by molar-refractivity contribution is 0.0989. The van der Waals surface area contributed by atoms with E-state index in [2.05, 4.69) is 10.6 Å². The first-order valence-electron chi connectivity index (χ1n) is 9.40. The van der Waals surface area contributed by atoms with Crippen molar-refractivity contribution in [1.82, 2.24) is 5.32 Å². The molecule has 5 nitrogen and oxygen atoms in total. The van der Waals surface area contributed by atoms with E-state index in [4.69, 9.17) is 11.6 Å². The van der Waals surface area contributed by atoms with Gasteiger partial charge in [-0.15, -0.1) is 0 Å². The summed E-state index contributed by atoms with van der Waals surface area (Å²) < 4.78 is 0. The molecule has 0 aliphatic carbocycles. The maximum Gasteiger partial charge on any atom is 0.319 e. The molecule has 1 heterocycles. The Morgan fingerprint density at radius 1 is 0.966 bits per heavy atom. The van der Waals surface area contributed by atoms with E-state index >= 15 is 0 Å². The minimum absolute atomic E-state index is 0.00865. The third kappa shape index (κ3) is 4.25. The number of halogens is 1. The molecule has 3 aromatic rings. The molecule has 1 aliphatic heterocycles. The fourth-order valence-corrected chi connectivity index (χ4v) is 3.61. The lowest BCUT2D eigenvalue weighted by atomic mass is 10.1. The van der Waals surface area contributed by atoms with Crippen molar-refractivity contribution in [2.75, 3.05) is 16.8 Å². The number of fused-ring (bicyclic) bond motifs is 1. The number of carbonyl (C=O) groups excluding carboxylic acids is 2. The second-order valence-corrected chi connectivity index (χ2v) is 7.23. The monoisotopic (exact) mass is 405 g/mol. The van der Waals surface area contributed by atoms with E-state index in [-0.39, 0.29) is 11.9 Å². The first kappa shape index (κ1) is 19.0. The van der Waals surface area contributed by atoms with Crippen LogP contribution in [-0.4, -0.2) is 18.5 Å². The Bertz CT molecular complexity index is 1050. The van der Waals surface area contributed by atoms with E-state index in [1.165, 1.54) is 0 Å². The Kier molecular flexibility index (Phi) is 5.49. The van der Waals surface area contributed by atoms with Gasteiger partial charge in [-0.2, -0.15) is 0 Å². The van der Waals surface area contributed by atoms with E-state index < -0.39 is 0 Å². The lowest BCUT2D eigenvalue weighted by Gasteiger charge is -2.17. The van der Waals surface area contributed by atoms with Crippen LogP contribution in [0.3, 0.4) is 0 Å². The van der Waals surface area contributed by atoms with Crippen molar-refractivity contribution in [3.63, 3.8) is 0 Å². The standard InChI is InChI=1S/C23H20ClN3O2/c24-19-8-4-5-9-20(19)26-23(29)25-15-16-10-11-21-18(14-16)12-13-27(21)22(28)17-6-2-1-3-7-17/h1-11,14H,12-13,15H2,(H2,25,26,29). The van der Waals surface area contributed by atoms with Gasteiger partial charge in [0, 0.05) is 24.3 Å². The predicted molar refractivity (Wildman–Crippen MR) is 116 cm³/mol. The Balaban J connectivity index is 1.40. The van der Waals surface area contributed by atoms with Gasteiger partial charge < -0.3 is 15.5 Å². The first-order chi connectivity index (χ1) is 14.1. The normalized spacial score (nSPS) is 12.4. The Labute approximate surface area is 174 Å². The van der Waals surface area contributed by atoms with E-state index in [0.717, 1.165) is 23.2 Å². The molecule has 146 valence electrons. The van der Waals surface area contributed by atoms with Crippen LogP contribution in [0.25, 0.3) is 0 Å². The molecule has 4 rings (SSSR count). The third-order valence-electron chi connectivity index (χ3n) is 4.88. The predicted octanol–water partition coefficient (Wildman–Crippen LogP) is 4.86. The van der Waals surface area contributed by atoms with E-state index in [0.29, 0.717) is 29.4 Å². The highest BCUT2D eigenvalue weighted by Gasteiger charge is 2.25. The maximum atomic E-state index is 12.8. The van der Waals surface area contributed by atoms with Gasteiger partial charge in [-0.3, -0.25) is 4.79 Å². The molecule has 0 saturated carbocycles. The summed E-state index contributed by atoms with van der Waals surface area (Å²) in [6.45, 7) is 1.04. The fourth-order valence-electron chi connectivity index (χ4n) is 3.42. The van der Waals surface area contributed by atoms with Crippen molar-refractivity contribution in [3.8, 4) is 0 Å². The summed E-state index contributed by atoms with van der Waals surface area (Å²) in [7, 11) is 0. The van der Waals surface area contributed by atoms with Crippen molar-refractivity contribution in [1.29, 1.82) is 0 Å². The quantitative estimate of drug-likeness (QED) is 0.650. The number of carbonyl (C=O) groups is 2. The van der Waals surface area contributed by atoms with Crippen molar-refractivity contribution in [2.45, 2.75) is 13.0 Å². The molecule has 0 spiro atoms. The number of nitrogens with one attached hydrogen (secondary N) is 2. The Hall–Kier alpha value is -3.31. The van der Waals surface area contributed by atoms with Gasteiger partial charge in [0.1, 0.15) is 0 Å². The lowest BCUT2D eigenvalue weighted by Crippen LogP contribution is -2.29. The molecule has 0 aromatic heterocycles. The average Bonchev–Trinajstić information content (AvgIpc) is 3.17. The molecule has 0 radical (unpaired) electrons. The smallest absolute Gasteiger partial charge is 0.319 e. The molecular weight excluding hydrogens is 386 g/mol. The molecule has 29 heavy (non-hydrogen) atoms. The minimum Gasteiger partial charge on any atom is -0.334 e. The van der Waals surface area contributed by atoms with Crippen LogP contribution < -0.4 is 15.5 Å². The first-order valence-corrected chi connectivity index (χ1v) is 9.78. The van der Waals surface area contributed by atoms with Gasteiger partial charge in [0.25, 0.3) is 5.91 Å². The molecule has 3 amide bonds. The number of anilines is 2. The second kappa shape index (κ2) is 8.37. The van der Waals surface area contributed by atoms with Gasteiger partial charge in [0.15, 0.2) is 0 Å². The van der Waals surface area contributed by atoms with Gasteiger partial charge in [-0.25, -0.2) is 4.79 Å². The van der Waals surface area contributed by atoms with Crippen LogP contribution in [0.2, 0.25) is 5.02 Å². The van der Waals surface area contributed by atoms with Gasteiger partial charge in [0.2, 0.25) is 0 Å². The highest BCUT2D eigenvalue weighted by atomic mass is 35.5. The molecule has 0 unspecified atom stereocenters. The van der Waals surface area contributed by atoms with Crippen molar-refractivity contribution < 1.29 is 9.59 Å². The van der Waals surface area contributed by atoms with E-state index in [9.17, 15) is 9.59 Å². The van der Waals surface area contributed by atoms with Crippen molar-refractivity contribution >= 4 is 34.9 Å². The van der Waals surface area contributed by atoms with Gasteiger partial charge in [-0.1, -0.05) is 54.1 Å². The van der Waals surface area contributed by atoms with Gasteiger partial charge >= 0.3 is 6.03 Å². The summed E-state index contributed by atoms with van der Waals surface area (Å²) in [4.78, 5) is 26.7. The summed E-state index contributed by atoms with van der Waals surface area (Å²) >= 11 is 6.06. The summed E-state index contributed by atoms with van der Waals surface area (Å²) in [5.74, 6) is 0.00865. The number of nitrogens with zero attached hydrogens (tertiary/aromatic N) is 1. The molecule has 1 aliphatic rings. The third-order valence-corrected chi connectivity index (χ3v) is 5.21. The molecule has 0 atom stereocenters. The zero-order valence-electron chi connectivity index (χ0n) is 15.7. The van der Waals surface area contributed by atoms with Gasteiger partial charge in [-0.05, 0) is 47.9 Å². The van der Waals surface area contributed by atoms with Crippen LogP contribution >= 0.6 is 11.6 Å².